The number of sulfonamides is 1. The first-order valence-corrected chi connectivity index (χ1v) is 10.7. The average molecular weight is 406 g/mol. The fourth-order valence-corrected chi connectivity index (χ4v) is 3.88. The minimum atomic E-state index is -3.80. The standard InChI is InChI=1S/C21H27NO5S/c1-17-11-13-19(14-12-17)28(24,25)22-20(21(23)26-2)10-6-7-15-27-16-18-8-4-3-5-9-18/h3-5,8-9,11-14,20,22H,6-7,10,15-16H2,1-2H3/t20-/m0/s1. The lowest BCUT2D eigenvalue weighted by Crippen LogP contribution is -2.41. The van der Waals surface area contributed by atoms with E-state index in [4.69, 9.17) is 9.47 Å². The number of carbonyl (C=O) groups is 1. The van der Waals surface area contributed by atoms with Crippen LogP contribution in [0.5, 0.6) is 0 Å². The van der Waals surface area contributed by atoms with E-state index in [0.29, 0.717) is 32.5 Å². The lowest BCUT2D eigenvalue weighted by atomic mass is 10.1. The molecule has 152 valence electrons. The van der Waals surface area contributed by atoms with Crippen molar-refractivity contribution in [3.05, 3.63) is 65.7 Å². The predicted molar refractivity (Wildman–Crippen MR) is 107 cm³/mol. The average Bonchev–Trinajstić information content (AvgIpc) is 2.70. The van der Waals surface area contributed by atoms with Crippen LogP contribution >= 0.6 is 0 Å². The van der Waals surface area contributed by atoms with Gasteiger partial charge >= 0.3 is 5.97 Å². The van der Waals surface area contributed by atoms with Crippen molar-refractivity contribution in [2.45, 2.75) is 43.7 Å². The van der Waals surface area contributed by atoms with Crippen LogP contribution in [0.3, 0.4) is 0 Å². The molecular weight excluding hydrogens is 378 g/mol. The van der Waals surface area contributed by atoms with E-state index in [2.05, 4.69) is 4.72 Å². The minimum absolute atomic E-state index is 0.123. The molecule has 0 saturated heterocycles. The number of benzene rings is 2. The minimum Gasteiger partial charge on any atom is -0.468 e. The second-order valence-corrected chi connectivity index (χ2v) is 8.26. The lowest BCUT2D eigenvalue weighted by molar-refractivity contribution is -0.142. The van der Waals surface area contributed by atoms with Crippen molar-refractivity contribution in [3.8, 4) is 0 Å². The maximum atomic E-state index is 12.5. The molecule has 2 aromatic rings. The van der Waals surface area contributed by atoms with E-state index in [1.807, 2.05) is 37.3 Å². The predicted octanol–water partition coefficient (Wildman–Crippen LogP) is 3.20. The van der Waals surface area contributed by atoms with Gasteiger partial charge in [-0.25, -0.2) is 8.42 Å². The number of hydrogen-bond donors (Lipinski definition) is 1. The summed E-state index contributed by atoms with van der Waals surface area (Å²) in [7, 11) is -2.55. The summed E-state index contributed by atoms with van der Waals surface area (Å²) in [6.45, 7) is 2.94. The van der Waals surface area contributed by atoms with Crippen molar-refractivity contribution in [3.63, 3.8) is 0 Å². The summed E-state index contributed by atoms with van der Waals surface area (Å²) in [6, 6.07) is 15.4. The SMILES string of the molecule is COC(=O)[C@H](CCCCOCc1ccccc1)NS(=O)(=O)c1ccc(C)cc1. The molecule has 0 spiro atoms. The van der Waals surface area contributed by atoms with Crippen LogP contribution in [0.1, 0.15) is 30.4 Å². The molecule has 0 aliphatic rings. The Morgan fingerprint density at radius 3 is 2.36 bits per heavy atom. The van der Waals surface area contributed by atoms with Crippen LogP contribution in [-0.2, 0) is 30.9 Å². The molecule has 2 rings (SSSR count). The third kappa shape index (κ3) is 7.07. The van der Waals surface area contributed by atoms with Gasteiger partial charge in [0, 0.05) is 6.61 Å². The van der Waals surface area contributed by atoms with E-state index < -0.39 is 22.0 Å². The zero-order valence-corrected chi connectivity index (χ0v) is 17.1. The van der Waals surface area contributed by atoms with Gasteiger partial charge in [0.1, 0.15) is 6.04 Å². The summed E-state index contributed by atoms with van der Waals surface area (Å²) in [5.74, 6) is -0.596. The van der Waals surface area contributed by atoms with E-state index >= 15 is 0 Å². The van der Waals surface area contributed by atoms with Gasteiger partial charge in [0.15, 0.2) is 0 Å². The number of nitrogens with one attached hydrogen (secondary N) is 1. The molecular formula is C21H27NO5S. The van der Waals surface area contributed by atoms with Crippen molar-refractivity contribution < 1.29 is 22.7 Å². The Morgan fingerprint density at radius 2 is 1.71 bits per heavy atom. The Kier molecular flexibility index (Phi) is 8.63. The lowest BCUT2D eigenvalue weighted by Gasteiger charge is -2.17. The second-order valence-electron chi connectivity index (χ2n) is 6.54. The topological polar surface area (TPSA) is 81.7 Å². The molecule has 0 unspecified atom stereocenters. The number of hydrogen-bond acceptors (Lipinski definition) is 5. The van der Waals surface area contributed by atoms with Gasteiger partial charge < -0.3 is 9.47 Å². The van der Waals surface area contributed by atoms with Gasteiger partial charge in [-0.15, -0.1) is 0 Å². The molecule has 0 amide bonds. The van der Waals surface area contributed by atoms with Gasteiger partial charge in [0.05, 0.1) is 18.6 Å². The fourth-order valence-electron chi connectivity index (χ4n) is 2.66. The number of esters is 1. The Labute approximate surface area is 166 Å². The molecule has 0 aliphatic heterocycles. The monoisotopic (exact) mass is 405 g/mol. The third-order valence-corrected chi connectivity index (χ3v) is 5.75. The highest BCUT2D eigenvalue weighted by molar-refractivity contribution is 7.89. The zero-order chi connectivity index (χ0) is 20.4. The molecule has 6 nitrogen and oxygen atoms in total. The molecule has 7 heteroatoms. The number of rotatable bonds is 11. The maximum Gasteiger partial charge on any atom is 0.323 e. The van der Waals surface area contributed by atoms with Crippen molar-refractivity contribution in [1.82, 2.24) is 4.72 Å². The van der Waals surface area contributed by atoms with Gasteiger partial charge in [-0.3, -0.25) is 4.79 Å². The first-order chi connectivity index (χ1) is 13.4. The molecule has 0 aromatic heterocycles. The van der Waals surface area contributed by atoms with Crippen LogP contribution in [0.2, 0.25) is 0 Å². The summed E-state index contributed by atoms with van der Waals surface area (Å²) >= 11 is 0. The third-order valence-electron chi connectivity index (χ3n) is 4.26. The first kappa shape index (κ1) is 22.1. The van der Waals surface area contributed by atoms with Crippen LogP contribution in [-0.4, -0.2) is 34.1 Å². The molecule has 0 bridgehead atoms. The summed E-state index contributed by atoms with van der Waals surface area (Å²) in [6.07, 6.45) is 1.68. The van der Waals surface area contributed by atoms with Crippen molar-refractivity contribution in [2.24, 2.45) is 0 Å². The van der Waals surface area contributed by atoms with Gasteiger partial charge in [-0.05, 0) is 43.9 Å². The summed E-state index contributed by atoms with van der Waals surface area (Å²) < 4.78 is 37.9. The molecule has 0 radical (unpaired) electrons. The molecule has 0 heterocycles. The van der Waals surface area contributed by atoms with Gasteiger partial charge in [-0.2, -0.15) is 4.72 Å². The quantitative estimate of drug-likeness (QED) is 0.459. The highest BCUT2D eigenvalue weighted by atomic mass is 32.2. The Balaban J connectivity index is 1.82. The van der Waals surface area contributed by atoms with E-state index in [-0.39, 0.29) is 4.90 Å². The molecule has 0 saturated carbocycles. The van der Waals surface area contributed by atoms with Crippen molar-refractivity contribution in [1.29, 1.82) is 0 Å². The van der Waals surface area contributed by atoms with Gasteiger partial charge in [-0.1, -0.05) is 48.0 Å². The fraction of sp³-hybridized carbons (Fsp3) is 0.381. The summed E-state index contributed by atoms with van der Waals surface area (Å²) in [5.41, 5.74) is 2.06. The van der Waals surface area contributed by atoms with E-state index in [0.717, 1.165) is 11.1 Å². The van der Waals surface area contributed by atoms with Crippen LogP contribution in [0, 0.1) is 6.92 Å². The maximum absolute atomic E-state index is 12.5. The van der Waals surface area contributed by atoms with Crippen LogP contribution in [0.25, 0.3) is 0 Å². The largest absolute Gasteiger partial charge is 0.468 e. The number of methoxy groups -OCH3 is 1. The van der Waals surface area contributed by atoms with Crippen LogP contribution in [0.15, 0.2) is 59.5 Å². The highest BCUT2D eigenvalue weighted by Crippen LogP contribution is 2.13. The van der Waals surface area contributed by atoms with E-state index in [1.54, 1.807) is 12.1 Å². The smallest absolute Gasteiger partial charge is 0.323 e. The number of unbranched alkanes of at least 4 members (excludes halogenated alkanes) is 1. The second kappa shape index (κ2) is 10.9. The molecule has 1 N–H and O–H groups in total. The number of carbonyl (C=O) groups excluding carboxylic acids is 1. The number of aryl methyl sites for hydroxylation is 1. The normalized spacial score (nSPS) is 12.5. The van der Waals surface area contributed by atoms with Crippen LogP contribution in [0.4, 0.5) is 0 Å². The van der Waals surface area contributed by atoms with Crippen molar-refractivity contribution in [2.75, 3.05) is 13.7 Å². The molecule has 0 aliphatic carbocycles. The summed E-state index contributed by atoms with van der Waals surface area (Å²) in [4.78, 5) is 12.1. The Morgan fingerprint density at radius 1 is 1.04 bits per heavy atom. The Hall–Kier alpha value is -2.22. The molecule has 28 heavy (non-hydrogen) atoms. The first-order valence-electron chi connectivity index (χ1n) is 9.21. The van der Waals surface area contributed by atoms with E-state index in [9.17, 15) is 13.2 Å². The van der Waals surface area contributed by atoms with Crippen LogP contribution < -0.4 is 4.72 Å². The van der Waals surface area contributed by atoms with E-state index in [1.165, 1.54) is 19.2 Å². The molecule has 0 fully saturated rings. The number of ether oxygens (including phenoxy) is 2. The van der Waals surface area contributed by atoms with Gasteiger partial charge in [0.25, 0.3) is 0 Å². The molecule has 2 aromatic carbocycles. The van der Waals surface area contributed by atoms with Crippen molar-refractivity contribution >= 4 is 16.0 Å². The highest BCUT2D eigenvalue weighted by Gasteiger charge is 2.26. The van der Waals surface area contributed by atoms with Gasteiger partial charge in [0.2, 0.25) is 10.0 Å². The summed E-state index contributed by atoms with van der Waals surface area (Å²) in [5, 5.41) is 0. The Bertz CT molecular complexity index is 835. The molecule has 1 atom stereocenters. The zero-order valence-electron chi connectivity index (χ0n) is 16.3.